The van der Waals surface area contributed by atoms with Crippen molar-refractivity contribution < 1.29 is 57.6 Å². The molecule has 10 aliphatic rings. The van der Waals surface area contributed by atoms with Crippen molar-refractivity contribution in [1.29, 1.82) is 0 Å². The molecule has 8 heterocycles. The Morgan fingerprint density at radius 3 is 1.42 bits per heavy atom. The van der Waals surface area contributed by atoms with Crippen LogP contribution in [0.4, 0.5) is 0 Å². The molecule has 0 aromatic carbocycles. The molecule has 8 aliphatic heterocycles. The van der Waals surface area contributed by atoms with Crippen LogP contribution in [0.15, 0.2) is 0 Å². The van der Waals surface area contributed by atoms with Crippen LogP contribution in [-0.2, 0) is 57.6 Å². The SMILES string of the molecule is C[C@@H]1CC[C@H]2[C@@H](C)C(CCOC(=O)CCC(=O)OCCC3O[C@H]4O[C@@]5(C)CC[C@H]6[C@H](C)CC[C@@H]([C@H]3C)[C@@]46OO5)O[C@H]3O[C@@]4(C)CC[C@@H]1[C@]32OO4. The summed E-state index contributed by atoms with van der Waals surface area (Å²) in [4.78, 5) is 49.6. The predicted octanol–water partition coefficient (Wildman–Crippen LogP) is 6.13. The zero-order valence-electron chi connectivity index (χ0n) is 30.7. The van der Waals surface area contributed by atoms with Crippen molar-refractivity contribution in [2.45, 2.75) is 166 Å². The molecule has 2 unspecified atom stereocenters. The van der Waals surface area contributed by atoms with E-state index in [4.69, 9.17) is 48.0 Å². The van der Waals surface area contributed by atoms with Crippen molar-refractivity contribution in [2.24, 2.45) is 47.3 Å². The van der Waals surface area contributed by atoms with Gasteiger partial charge in [-0.15, -0.1) is 0 Å². The van der Waals surface area contributed by atoms with Gasteiger partial charge in [-0.2, -0.15) is 0 Å². The Hall–Kier alpha value is -1.38. The molecule has 10 fully saturated rings. The van der Waals surface area contributed by atoms with Crippen molar-refractivity contribution in [3.05, 3.63) is 0 Å². The summed E-state index contributed by atoms with van der Waals surface area (Å²) in [6.45, 7) is 13.3. The maximum Gasteiger partial charge on any atom is 0.306 e. The average Bonchev–Trinajstić information content (AvgIpc) is 3.46. The van der Waals surface area contributed by atoms with Gasteiger partial charge in [0.15, 0.2) is 23.8 Å². The van der Waals surface area contributed by atoms with Gasteiger partial charge in [-0.3, -0.25) is 9.59 Å². The van der Waals surface area contributed by atoms with E-state index in [-0.39, 0.29) is 61.9 Å². The van der Waals surface area contributed by atoms with E-state index >= 15 is 0 Å². The summed E-state index contributed by atoms with van der Waals surface area (Å²) < 4.78 is 37.2. The largest absolute Gasteiger partial charge is 0.466 e. The summed E-state index contributed by atoms with van der Waals surface area (Å²) >= 11 is 0. The molecule has 12 heteroatoms. The number of esters is 2. The maximum atomic E-state index is 12.6. The molecule has 282 valence electrons. The Bertz CT molecular complexity index is 1200. The van der Waals surface area contributed by atoms with Gasteiger partial charge in [-0.25, -0.2) is 19.6 Å². The van der Waals surface area contributed by atoms with Gasteiger partial charge in [-0.05, 0) is 87.9 Å². The number of hydrogen-bond acceptors (Lipinski definition) is 12. The van der Waals surface area contributed by atoms with Gasteiger partial charge < -0.3 is 28.4 Å². The Labute approximate surface area is 296 Å². The molecule has 12 nitrogen and oxygen atoms in total. The number of hydrogen-bond donors (Lipinski definition) is 0. The smallest absolute Gasteiger partial charge is 0.306 e. The lowest BCUT2D eigenvalue weighted by atomic mass is 9.57. The van der Waals surface area contributed by atoms with Gasteiger partial charge in [0.25, 0.3) is 0 Å². The normalized spacial score (nSPS) is 51.9. The van der Waals surface area contributed by atoms with Crippen LogP contribution in [0.3, 0.4) is 0 Å². The summed E-state index contributed by atoms with van der Waals surface area (Å²) in [5, 5.41) is 0. The highest BCUT2D eigenvalue weighted by atomic mass is 17.3. The molecule has 0 amide bonds. The fourth-order valence-electron chi connectivity index (χ4n) is 11.5. The second-order valence-electron chi connectivity index (χ2n) is 17.4. The summed E-state index contributed by atoms with van der Waals surface area (Å²) in [5.41, 5.74) is -1.21. The molecule has 0 aromatic heterocycles. The number of carbonyl (C=O) groups is 2. The monoisotopic (exact) mass is 706 g/mol. The Kier molecular flexibility index (Phi) is 9.39. The summed E-state index contributed by atoms with van der Waals surface area (Å²) in [6.07, 6.45) is 7.53. The Balaban J connectivity index is 0.785. The molecule has 2 spiro atoms. The van der Waals surface area contributed by atoms with E-state index in [2.05, 4.69) is 27.7 Å². The topological polar surface area (TPSA) is 126 Å². The highest BCUT2D eigenvalue weighted by Gasteiger charge is 2.70. The lowest BCUT2D eigenvalue weighted by molar-refractivity contribution is -0.571. The minimum Gasteiger partial charge on any atom is -0.466 e. The van der Waals surface area contributed by atoms with Crippen molar-refractivity contribution in [3.63, 3.8) is 0 Å². The third kappa shape index (κ3) is 5.77. The van der Waals surface area contributed by atoms with E-state index in [0.29, 0.717) is 36.5 Å². The molecule has 0 radical (unpaired) electrons. The molecule has 16 atom stereocenters. The lowest BCUT2D eigenvalue weighted by Crippen LogP contribution is -2.70. The number of rotatable bonds is 9. The summed E-state index contributed by atoms with van der Waals surface area (Å²) in [5.74, 6) is -0.0398. The van der Waals surface area contributed by atoms with Crippen LogP contribution >= 0.6 is 0 Å². The van der Waals surface area contributed by atoms with Crippen LogP contribution < -0.4 is 0 Å². The third-order valence-corrected chi connectivity index (χ3v) is 14.5. The fourth-order valence-corrected chi connectivity index (χ4v) is 11.5. The molecular weight excluding hydrogens is 648 g/mol. The molecule has 2 aliphatic carbocycles. The van der Waals surface area contributed by atoms with E-state index in [1.54, 1.807) is 0 Å². The van der Waals surface area contributed by atoms with Crippen LogP contribution in [0, 0.1) is 47.3 Å². The first-order valence-electron chi connectivity index (χ1n) is 19.6. The summed E-state index contributed by atoms with van der Waals surface area (Å²) in [6, 6.07) is 0. The van der Waals surface area contributed by atoms with E-state index < -0.39 is 47.3 Å². The zero-order chi connectivity index (χ0) is 35.1. The quantitative estimate of drug-likeness (QED) is 0.202. The minimum absolute atomic E-state index is 0.0349. The molecule has 8 saturated heterocycles. The second-order valence-corrected chi connectivity index (χ2v) is 17.4. The van der Waals surface area contributed by atoms with Crippen molar-refractivity contribution in [3.8, 4) is 0 Å². The first-order valence-corrected chi connectivity index (χ1v) is 19.6. The van der Waals surface area contributed by atoms with E-state index in [0.717, 1.165) is 51.4 Å². The van der Waals surface area contributed by atoms with Crippen LogP contribution in [0.5, 0.6) is 0 Å². The highest BCUT2D eigenvalue weighted by molar-refractivity contribution is 5.77. The fraction of sp³-hybridized carbons (Fsp3) is 0.947. The van der Waals surface area contributed by atoms with Crippen molar-refractivity contribution >= 4 is 11.9 Å². The number of carbonyl (C=O) groups excluding carboxylic acids is 2. The van der Waals surface area contributed by atoms with Crippen LogP contribution in [0.1, 0.15) is 119 Å². The third-order valence-electron chi connectivity index (χ3n) is 14.5. The van der Waals surface area contributed by atoms with Gasteiger partial charge in [0.2, 0.25) is 11.6 Å². The second kappa shape index (κ2) is 13.2. The molecule has 2 saturated carbocycles. The van der Waals surface area contributed by atoms with E-state index in [9.17, 15) is 9.59 Å². The van der Waals surface area contributed by atoms with Crippen LogP contribution in [0.25, 0.3) is 0 Å². The van der Waals surface area contributed by atoms with Gasteiger partial charge >= 0.3 is 11.9 Å². The number of fused-ring (bicyclic) bond motifs is 4. The van der Waals surface area contributed by atoms with Gasteiger partial charge in [0.05, 0.1) is 38.3 Å². The molecular formula is C38H58O12. The van der Waals surface area contributed by atoms with Crippen molar-refractivity contribution in [1.82, 2.24) is 0 Å². The lowest BCUT2D eigenvalue weighted by Gasteiger charge is -2.60. The molecule has 50 heavy (non-hydrogen) atoms. The predicted molar refractivity (Wildman–Crippen MR) is 174 cm³/mol. The van der Waals surface area contributed by atoms with Gasteiger partial charge in [0.1, 0.15) is 0 Å². The van der Waals surface area contributed by atoms with Crippen molar-refractivity contribution in [2.75, 3.05) is 13.2 Å². The summed E-state index contributed by atoms with van der Waals surface area (Å²) in [7, 11) is 0. The molecule has 10 rings (SSSR count). The Morgan fingerprint density at radius 1 is 0.580 bits per heavy atom. The standard InChI is InChI=1S/C38H58O12/c1-21-7-9-27-23(3)29(43-33-37(27)25(21)13-17-35(5,45-33)47-49-37)15-19-41-31(39)11-12-32(40)42-20-16-30-24(4)28-10-8-22(2)26-14-18-36(6)46-34(44-30)38(26,28)50-48-36/h21-30,33-34H,7-20H2,1-6H3/t21-,22-,23-,24-,25+,26+,27+,28+,29?,30?,33+,34+,35-,36-,37-,38-/m1/s1. The molecule has 0 N–H and O–H groups in total. The van der Waals surface area contributed by atoms with Crippen LogP contribution in [-0.4, -0.2) is 72.7 Å². The average molecular weight is 707 g/mol. The molecule has 0 aromatic rings. The maximum absolute atomic E-state index is 12.6. The first-order chi connectivity index (χ1) is 23.9. The van der Waals surface area contributed by atoms with E-state index in [1.807, 2.05) is 13.8 Å². The van der Waals surface area contributed by atoms with E-state index in [1.165, 1.54) is 0 Å². The van der Waals surface area contributed by atoms with Gasteiger partial charge in [0, 0.05) is 37.5 Å². The van der Waals surface area contributed by atoms with Crippen LogP contribution in [0.2, 0.25) is 0 Å². The Morgan fingerprint density at radius 2 is 1.00 bits per heavy atom. The number of ether oxygens (including phenoxy) is 6. The first kappa shape index (κ1) is 35.6. The highest BCUT2D eigenvalue weighted by Crippen LogP contribution is 2.62. The zero-order valence-corrected chi connectivity index (χ0v) is 30.7. The molecule has 4 bridgehead atoms. The van der Waals surface area contributed by atoms with Gasteiger partial charge in [-0.1, -0.05) is 27.7 Å². The minimum atomic E-state index is -0.822.